The highest BCUT2D eigenvalue weighted by Crippen LogP contribution is 2.19. The Morgan fingerprint density at radius 3 is 2.52 bits per heavy atom. The zero-order chi connectivity index (χ0) is 20.9. The van der Waals surface area contributed by atoms with E-state index in [1.807, 2.05) is 25.1 Å². The molecule has 0 bridgehead atoms. The summed E-state index contributed by atoms with van der Waals surface area (Å²) < 4.78 is 31.9. The molecule has 1 heterocycles. The monoisotopic (exact) mass is 434 g/mol. The number of morpholine rings is 1. The molecule has 1 aliphatic rings. The lowest BCUT2D eigenvalue weighted by atomic mass is 10.1. The average molecular weight is 435 g/mol. The molecule has 0 aliphatic carbocycles. The zero-order valence-electron chi connectivity index (χ0n) is 16.0. The maximum Gasteiger partial charge on any atom is 0.244 e. The Morgan fingerprint density at radius 1 is 1.17 bits per heavy atom. The van der Waals surface area contributed by atoms with Crippen molar-refractivity contribution in [2.75, 3.05) is 26.3 Å². The molecule has 0 aromatic heterocycles. The number of rotatable bonds is 6. The third kappa shape index (κ3) is 5.67. The van der Waals surface area contributed by atoms with E-state index in [2.05, 4.69) is 5.32 Å². The van der Waals surface area contributed by atoms with Gasteiger partial charge in [0.25, 0.3) is 0 Å². The minimum atomic E-state index is -3.52. The number of halogens is 1. The highest BCUT2D eigenvalue weighted by atomic mass is 35.5. The summed E-state index contributed by atoms with van der Waals surface area (Å²) in [4.78, 5) is 12.4. The lowest BCUT2D eigenvalue weighted by Crippen LogP contribution is -2.40. The molecule has 154 valence electrons. The zero-order valence-corrected chi connectivity index (χ0v) is 17.6. The quantitative estimate of drug-likeness (QED) is 0.708. The third-order valence-corrected chi connectivity index (χ3v) is 6.77. The van der Waals surface area contributed by atoms with Crippen LogP contribution in [0.1, 0.15) is 24.1 Å². The fourth-order valence-electron chi connectivity index (χ4n) is 2.98. The Balaban J connectivity index is 1.61. The Hall–Kier alpha value is -2.19. The summed E-state index contributed by atoms with van der Waals surface area (Å²) in [6.45, 7) is 3.40. The highest BCUT2D eigenvalue weighted by molar-refractivity contribution is 7.89. The SMILES string of the molecule is CC(NC(=O)C=Cc1ccc(S(=O)(=O)N2CCOCC2)cc1)c1cccc(Cl)c1. The highest BCUT2D eigenvalue weighted by Gasteiger charge is 2.25. The molecule has 0 radical (unpaired) electrons. The molecule has 0 saturated carbocycles. The lowest BCUT2D eigenvalue weighted by molar-refractivity contribution is -0.117. The first-order chi connectivity index (χ1) is 13.9. The van der Waals surface area contributed by atoms with Gasteiger partial charge in [-0.1, -0.05) is 35.9 Å². The van der Waals surface area contributed by atoms with Crippen molar-refractivity contribution in [1.82, 2.24) is 9.62 Å². The number of carbonyl (C=O) groups is 1. The van der Waals surface area contributed by atoms with Gasteiger partial charge in [-0.05, 0) is 48.4 Å². The van der Waals surface area contributed by atoms with Crippen molar-refractivity contribution in [3.8, 4) is 0 Å². The second-order valence-corrected chi connectivity index (χ2v) is 9.08. The summed E-state index contributed by atoms with van der Waals surface area (Å²) in [6, 6.07) is 13.6. The lowest BCUT2D eigenvalue weighted by Gasteiger charge is -2.26. The van der Waals surface area contributed by atoms with Gasteiger partial charge in [-0.3, -0.25) is 4.79 Å². The van der Waals surface area contributed by atoms with Gasteiger partial charge in [-0.2, -0.15) is 4.31 Å². The van der Waals surface area contributed by atoms with Crippen molar-refractivity contribution >= 4 is 33.6 Å². The number of nitrogens with zero attached hydrogens (tertiary/aromatic N) is 1. The summed E-state index contributed by atoms with van der Waals surface area (Å²) in [7, 11) is -3.52. The van der Waals surface area contributed by atoms with E-state index < -0.39 is 10.0 Å². The number of carbonyl (C=O) groups excluding carboxylic acids is 1. The van der Waals surface area contributed by atoms with Crippen molar-refractivity contribution in [3.05, 3.63) is 70.8 Å². The van der Waals surface area contributed by atoms with Crippen LogP contribution in [-0.4, -0.2) is 44.9 Å². The van der Waals surface area contributed by atoms with E-state index in [4.69, 9.17) is 16.3 Å². The van der Waals surface area contributed by atoms with Crippen LogP contribution in [0.15, 0.2) is 59.5 Å². The Labute approximate surface area is 176 Å². The fraction of sp³-hybridized carbons (Fsp3) is 0.286. The predicted octanol–water partition coefficient (Wildman–Crippen LogP) is 3.25. The molecule has 1 saturated heterocycles. The molecular weight excluding hydrogens is 412 g/mol. The van der Waals surface area contributed by atoms with E-state index in [9.17, 15) is 13.2 Å². The molecular formula is C21H23ClN2O4S. The molecule has 8 heteroatoms. The van der Waals surface area contributed by atoms with Crippen LogP contribution in [0.4, 0.5) is 0 Å². The molecule has 1 N–H and O–H groups in total. The molecule has 1 fully saturated rings. The molecule has 0 spiro atoms. The van der Waals surface area contributed by atoms with Crippen molar-refractivity contribution < 1.29 is 17.9 Å². The number of amides is 1. The summed E-state index contributed by atoms with van der Waals surface area (Å²) >= 11 is 5.98. The van der Waals surface area contributed by atoms with E-state index in [0.29, 0.717) is 31.3 Å². The largest absolute Gasteiger partial charge is 0.379 e. The number of nitrogens with one attached hydrogen (secondary N) is 1. The van der Waals surface area contributed by atoms with Crippen molar-refractivity contribution in [2.24, 2.45) is 0 Å². The Bertz CT molecular complexity index is 984. The molecule has 29 heavy (non-hydrogen) atoms. The van der Waals surface area contributed by atoms with Crippen LogP contribution in [0.3, 0.4) is 0 Å². The third-order valence-electron chi connectivity index (χ3n) is 4.62. The van der Waals surface area contributed by atoms with Crippen LogP contribution in [-0.2, 0) is 19.6 Å². The number of benzene rings is 2. The van der Waals surface area contributed by atoms with Gasteiger partial charge in [0.1, 0.15) is 0 Å². The normalized spacial score (nSPS) is 16.6. The van der Waals surface area contributed by atoms with Crippen molar-refractivity contribution in [2.45, 2.75) is 17.9 Å². The standard InChI is InChI=1S/C21H23ClN2O4S/c1-16(18-3-2-4-19(22)15-18)23-21(25)10-7-17-5-8-20(9-6-17)29(26,27)24-11-13-28-14-12-24/h2-10,15-16H,11-14H2,1H3,(H,23,25). The molecule has 2 aromatic rings. The van der Waals surface area contributed by atoms with Crippen LogP contribution >= 0.6 is 11.6 Å². The maximum atomic E-state index is 12.6. The second kappa shape index (κ2) is 9.54. The Kier molecular flexibility index (Phi) is 7.08. The van der Waals surface area contributed by atoms with Gasteiger partial charge in [0, 0.05) is 24.2 Å². The fourth-order valence-corrected chi connectivity index (χ4v) is 4.59. The van der Waals surface area contributed by atoms with E-state index in [1.54, 1.807) is 36.4 Å². The van der Waals surface area contributed by atoms with Crippen LogP contribution in [0.25, 0.3) is 6.08 Å². The molecule has 1 aliphatic heterocycles. The summed E-state index contributed by atoms with van der Waals surface area (Å²) in [5.74, 6) is -0.248. The van der Waals surface area contributed by atoms with E-state index in [-0.39, 0.29) is 16.8 Å². The van der Waals surface area contributed by atoms with E-state index in [0.717, 1.165) is 11.1 Å². The van der Waals surface area contributed by atoms with Gasteiger partial charge < -0.3 is 10.1 Å². The van der Waals surface area contributed by atoms with Crippen molar-refractivity contribution in [1.29, 1.82) is 0 Å². The first-order valence-electron chi connectivity index (χ1n) is 9.28. The van der Waals surface area contributed by atoms with Crippen molar-refractivity contribution in [3.63, 3.8) is 0 Å². The first kappa shape index (κ1) is 21.5. The number of ether oxygens (including phenoxy) is 1. The maximum absolute atomic E-state index is 12.6. The van der Waals surface area contributed by atoms with E-state index >= 15 is 0 Å². The Morgan fingerprint density at radius 2 is 1.86 bits per heavy atom. The summed E-state index contributed by atoms with van der Waals surface area (Å²) in [6.07, 6.45) is 3.07. The van der Waals surface area contributed by atoms with Crippen LogP contribution < -0.4 is 5.32 Å². The number of hydrogen-bond donors (Lipinski definition) is 1. The number of sulfonamides is 1. The van der Waals surface area contributed by atoms with E-state index in [1.165, 1.54) is 10.4 Å². The molecule has 1 amide bonds. The van der Waals surface area contributed by atoms with Gasteiger partial charge in [0.05, 0.1) is 24.2 Å². The van der Waals surface area contributed by atoms with Gasteiger partial charge >= 0.3 is 0 Å². The van der Waals surface area contributed by atoms with Crippen LogP contribution in [0, 0.1) is 0 Å². The number of hydrogen-bond acceptors (Lipinski definition) is 4. The summed E-state index contributed by atoms with van der Waals surface area (Å²) in [5.41, 5.74) is 1.65. The summed E-state index contributed by atoms with van der Waals surface area (Å²) in [5, 5.41) is 3.49. The molecule has 3 rings (SSSR count). The predicted molar refractivity (Wildman–Crippen MR) is 113 cm³/mol. The van der Waals surface area contributed by atoms with Crippen LogP contribution in [0.5, 0.6) is 0 Å². The average Bonchev–Trinajstić information content (AvgIpc) is 2.73. The van der Waals surface area contributed by atoms with Gasteiger partial charge in [-0.25, -0.2) is 8.42 Å². The van der Waals surface area contributed by atoms with Gasteiger partial charge in [-0.15, -0.1) is 0 Å². The minimum Gasteiger partial charge on any atom is -0.379 e. The van der Waals surface area contributed by atoms with Crippen LogP contribution in [0.2, 0.25) is 5.02 Å². The molecule has 1 atom stereocenters. The topological polar surface area (TPSA) is 75.7 Å². The second-order valence-electron chi connectivity index (χ2n) is 6.70. The van der Waals surface area contributed by atoms with Gasteiger partial charge in [0.2, 0.25) is 15.9 Å². The molecule has 6 nitrogen and oxygen atoms in total. The first-order valence-corrected chi connectivity index (χ1v) is 11.1. The smallest absolute Gasteiger partial charge is 0.244 e. The molecule has 2 aromatic carbocycles. The minimum absolute atomic E-state index is 0.188. The van der Waals surface area contributed by atoms with Gasteiger partial charge in [0.15, 0.2) is 0 Å². The molecule has 1 unspecified atom stereocenters.